The molecule has 0 saturated carbocycles. The zero-order valence-corrected chi connectivity index (χ0v) is 20.2. The van der Waals surface area contributed by atoms with Crippen LogP contribution in [0.5, 0.6) is 5.75 Å². The predicted octanol–water partition coefficient (Wildman–Crippen LogP) is 4.02. The minimum Gasteiger partial charge on any atom is -0.494 e. The first-order valence-electron chi connectivity index (χ1n) is 10.5. The highest BCUT2D eigenvalue weighted by Crippen LogP contribution is 2.29. The van der Waals surface area contributed by atoms with Crippen LogP contribution in [0.15, 0.2) is 57.6 Å². The van der Waals surface area contributed by atoms with E-state index in [9.17, 15) is 13.2 Å². The van der Waals surface area contributed by atoms with Gasteiger partial charge >= 0.3 is 0 Å². The van der Waals surface area contributed by atoms with Gasteiger partial charge < -0.3 is 9.30 Å². The van der Waals surface area contributed by atoms with Crippen molar-refractivity contribution in [3.63, 3.8) is 0 Å². The zero-order valence-electron chi connectivity index (χ0n) is 17.8. The number of ether oxygens (including phenoxy) is 1. The fraction of sp³-hybridized carbons (Fsp3) is 0.364. The largest absolute Gasteiger partial charge is 0.494 e. The number of piperidine rings is 1. The Balaban J connectivity index is 1.74. The summed E-state index contributed by atoms with van der Waals surface area (Å²) in [7, 11) is -3.73. The van der Waals surface area contributed by atoms with Gasteiger partial charge in [-0.1, -0.05) is 29.9 Å². The summed E-state index contributed by atoms with van der Waals surface area (Å²) >= 11 is 2.55. The number of sulfonamides is 1. The minimum absolute atomic E-state index is 0.254. The van der Waals surface area contributed by atoms with E-state index in [0.29, 0.717) is 30.9 Å². The molecule has 10 heteroatoms. The molecule has 0 aliphatic carbocycles. The van der Waals surface area contributed by atoms with Crippen molar-refractivity contribution in [3.8, 4) is 5.75 Å². The van der Waals surface area contributed by atoms with Crippen LogP contribution in [0.3, 0.4) is 0 Å². The maximum atomic E-state index is 13.3. The third-order valence-corrected chi connectivity index (χ3v) is 9.60. The maximum absolute atomic E-state index is 13.3. The van der Waals surface area contributed by atoms with Gasteiger partial charge in [0.2, 0.25) is 0 Å². The number of amides is 1. The second-order valence-corrected chi connectivity index (χ2v) is 11.4. The fourth-order valence-corrected chi connectivity index (χ4v) is 7.68. The van der Waals surface area contributed by atoms with Crippen molar-refractivity contribution >= 4 is 48.8 Å². The number of hydrogen-bond donors (Lipinski definition) is 0. The first kappa shape index (κ1) is 22.9. The van der Waals surface area contributed by atoms with Crippen LogP contribution in [0.25, 0.3) is 10.2 Å². The maximum Gasteiger partial charge on any atom is 0.266 e. The van der Waals surface area contributed by atoms with E-state index in [2.05, 4.69) is 11.6 Å². The molecule has 1 aliphatic heterocycles. The molecule has 0 bridgehead atoms. The molecule has 7 nitrogen and oxygen atoms in total. The number of thiophene rings is 1. The zero-order chi connectivity index (χ0) is 22.7. The molecule has 2 aromatic heterocycles. The Hall–Kier alpha value is -2.27. The third-order valence-electron chi connectivity index (χ3n) is 5.28. The SMILES string of the molecule is C=CCn1c(=NC(=O)C2CCCCN2S(=O)(=O)c2cccs2)sc2cc(OCC)ccc21. The summed E-state index contributed by atoms with van der Waals surface area (Å²) in [5.41, 5.74) is 0.927. The van der Waals surface area contributed by atoms with E-state index < -0.39 is 22.0 Å². The van der Waals surface area contributed by atoms with Gasteiger partial charge in [-0.3, -0.25) is 4.79 Å². The molecule has 1 unspecified atom stereocenters. The summed E-state index contributed by atoms with van der Waals surface area (Å²) in [6.45, 7) is 7.12. The van der Waals surface area contributed by atoms with Gasteiger partial charge in [-0.15, -0.1) is 17.9 Å². The number of nitrogens with zero attached hydrogens (tertiary/aromatic N) is 3. The van der Waals surface area contributed by atoms with Crippen molar-refractivity contribution in [2.75, 3.05) is 13.2 Å². The van der Waals surface area contributed by atoms with Crippen molar-refractivity contribution in [1.82, 2.24) is 8.87 Å². The molecule has 3 heterocycles. The van der Waals surface area contributed by atoms with Gasteiger partial charge in [-0.05, 0) is 49.4 Å². The van der Waals surface area contributed by atoms with E-state index in [1.165, 1.54) is 15.6 Å². The van der Waals surface area contributed by atoms with Crippen molar-refractivity contribution in [2.45, 2.75) is 43.0 Å². The van der Waals surface area contributed by atoms with Crippen LogP contribution in [0.1, 0.15) is 26.2 Å². The quantitative estimate of drug-likeness (QED) is 0.468. The molecule has 1 fully saturated rings. The van der Waals surface area contributed by atoms with Crippen molar-refractivity contribution in [1.29, 1.82) is 0 Å². The molecule has 1 aromatic carbocycles. The number of benzene rings is 1. The Morgan fingerprint density at radius 3 is 2.91 bits per heavy atom. The molecule has 32 heavy (non-hydrogen) atoms. The molecule has 0 radical (unpaired) electrons. The Morgan fingerprint density at radius 1 is 1.34 bits per heavy atom. The number of aromatic nitrogens is 1. The van der Waals surface area contributed by atoms with Gasteiger partial charge in [0.1, 0.15) is 16.0 Å². The molecular formula is C22H25N3O4S3. The van der Waals surface area contributed by atoms with Crippen molar-refractivity contribution in [3.05, 3.63) is 53.2 Å². The Morgan fingerprint density at radius 2 is 2.19 bits per heavy atom. The topological polar surface area (TPSA) is 81.0 Å². The molecule has 170 valence electrons. The van der Waals surface area contributed by atoms with E-state index in [4.69, 9.17) is 4.74 Å². The minimum atomic E-state index is -3.73. The van der Waals surface area contributed by atoms with Crippen LogP contribution in [0.2, 0.25) is 0 Å². The van der Waals surface area contributed by atoms with Crippen LogP contribution in [-0.2, 0) is 21.4 Å². The Kier molecular flexibility index (Phi) is 6.94. The number of rotatable bonds is 7. The monoisotopic (exact) mass is 491 g/mol. The molecule has 1 amide bonds. The first-order valence-corrected chi connectivity index (χ1v) is 13.6. The number of carbonyl (C=O) groups is 1. The van der Waals surface area contributed by atoms with E-state index in [-0.39, 0.29) is 4.21 Å². The van der Waals surface area contributed by atoms with Crippen molar-refractivity contribution in [2.24, 2.45) is 4.99 Å². The van der Waals surface area contributed by atoms with Crippen LogP contribution in [0, 0.1) is 0 Å². The number of fused-ring (bicyclic) bond motifs is 1. The van der Waals surface area contributed by atoms with Gasteiger partial charge in [-0.25, -0.2) is 8.42 Å². The second-order valence-electron chi connectivity index (χ2n) is 7.36. The predicted molar refractivity (Wildman–Crippen MR) is 128 cm³/mol. The molecule has 3 aromatic rings. The highest BCUT2D eigenvalue weighted by atomic mass is 32.2. The van der Waals surface area contributed by atoms with Gasteiger partial charge in [0, 0.05) is 13.1 Å². The van der Waals surface area contributed by atoms with Gasteiger partial charge in [0.15, 0.2) is 4.80 Å². The fourth-order valence-electron chi connectivity index (χ4n) is 3.83. The van der Waals surface area contributed by atoms with Gasteiger partial charge in [0.25, 0.3) is 15.9 Å². The Bertz CT molecular complexity index is 1290. The van der Waals surface area contributed by atoms with Crippen LogP contribution < -0.4 is 9.54 Å². The highest BCUT2D eigenvalue weighted by Gasteiger charge is 2.38. The molecule has 1 aliphatic rings. The third kappa shape index (κ3) is 4.45. The van der Waals surface area contributed by atoms with Gasteiger partial charge in [0.05, 0.1) is 16.8 Å². The molecular weight excluding hydrogens is 466 g/mol. The number of hydrogen-bond acceptors (Lipinski definition) is 6. The summed E-state index contributed by atoms with van der Waals surface area (Å²) in [4.78, 5) is 18.2. The number of carbonyl (C=O) groups excluding carboxylic acids is 1. The molecule has 0 N–H and O–H groups in total. The lowest BCUT2D eigenvalue weighted by molar-refractivity contribution is -0.122. The first-order chi connectivity index (χ1) is 15.5. The number of allylic oxidation sites excluding steroid dienone is 1. The van der Waals surface area contributed by atoms with Crippen LogP contribution in [-0.4, -0.2) is 42.4 Å². The van der Waals surface area contributed by atoms with E-state index in [1.54, 1.807) is 23.6 Å². The Labute approximate surface area is 195 Å². The van der Waals surface area contributed by atoms with E-state index in [1.807, 2.05) is 29.7 Å². The lowest BCUT2D eigenvalue weighted by Gasteiger charge is -2.31. The summed E-state index contributed by atoms with van der Waals surface area (Å²) in [6.07, 6.45) is 3.74. The smallest absolute Gasteiger partial charge is 0.266 e. The lowest BCUT2D eigenvalue weighted by atomic mass is 10.0. The lowest BCUT2D eigenvalue weighted by Crippen LogP contribution is -2.47. The molecule has 1 atom stereocenters. The van der Waals surface area contributed by atoms with Gasteiger partial charge in [-0.2, -0.15) is 9.30 Å². The second kappa shape index (κ2) is 9.70. The number of thiazole rings is 1. The standard InChI is InChI=1S/C22H25N3O4S3/c1-3-12-24-17-11-10-16(29-4-2)15-19(17)31-22(24)23-21(26)18-8-5-6-13-25(18)32(27,28)20-9-7-14-30-20/h3,7,9-11,14-15,18H,1,4-6,8,12-13H2,2H3. The average molecular weight is 492 g/mol. The molecule has 1 saturated heterocycles. The average Bonchev–Trinajstić information content (AvgIpc) is 3.44. The summed E-state index contributed by atoms with van der Waals surface area (Å²) in [5, 5.41) is 1.73. The normalized spacial score (nSPS) is 18.2. The summed E-state index contributed by atoms with van der Waals surface area (Å²) in [6, 6.07) is 8.25. The van der Waals surface area contributed by atoms with Crippen LogP contribution >= 0.6 is 22.7 Å². The molecule has 0 spiro atoms. The highest BCUT2D eigenvalue weighted by molar-refractivity contribution is 7.91. The van der Waals surface area contributed by atoms with E-state index >= 15 is 0 Å². The van der Waals surface area contributed by atoms with E-state index in [0.717, 1.165) is 40.1 Å². The summed E-state index contributed by atoms with van der Waals surface area (Å²) in [5.74, 6) is 0.324. The van der Waals surface area contributed by atoms with Crippen molar-refractivity contribution < 1.29 is 17.9 Å². The molecule has 4 rings (SSSR count). The summed E-state index contributed by atoms with van der Waals surface area (Å²) < 4.78 is 36.3. The van der Waals surface area contributed by atoms with Crippen LogP contribution in [0.4, 0.5) is 0 Å².